The van der Waals surface area contributed by atoms with Crippen molar-refractivity contribution in [3.8, 4) is 0 Å². The number of hydrogen-bond acceptors (Lipinski definition) is 2. The lowest BCUT2D eigenvalue weighted by molar-refractivity contribution is -0.292. The van der Waals surface area contributed by atoms with E-state index >= 15 is 0 Å². The van der Waals surface area contributed by atoms with Crippen molar-refractivity contribution in [3.63, 3.8) is 0 Å². The van der Waals surface area contributed by atoms with Gasteiger partial charge in [-0.05, 0) is 28.5 Å². The summed E-state index contributed by atoms with van der Waals surface area (Å²) in [5.74, 6) is -3.49. The summed E-state index contributed by atoms with van der Waals surface area (Å²) in [6, 6.07) is -0.751. The van der Waals surface area contributed by atoms with E-state index in [1.54, 1.807) is 0 Å². The van der Waals surface area contributed by atoms with Gasteiger partial charge in [-0.2, -0.15) is 26.3 Å². The SMILES string of the molecule is CCNC(c1cc(Br)c(Cl)s1)C(C(F)(F)F)C(F)(F)F. The van der Waals surface area contributed by atoms with Crippen molar-refractivity contribution in [2.45, 2.75) is 25.3 Å². The van der Waals surface area contributed by atoms with Gasteiger partial charge in [-0.3, -0.25) is 0 Å². The quantitative estimate of drug-likeness (QED) is 0.648. The fourth-order valence-electron chi connectivity index (χ4n) is 1.68. The number of rotatable bonds is 4. The molecule has 0 bridgehead atoms. The van der Waals surface area contributed by atoms with E-state index < -0.39 is 24.3 Å². The van der Waals surface area contributed by atoms with Crippen molar-refractivity contribution in [3.05, 3.63) is 19.8 Å². The van der Waals surface area contributed by atoms with Crippen molar-refractivity contribution in [1.29, 1.82) is 0 Å². The van der Waals surface area contributed by atoms with Crippen molar-refractivity contribution in [1.82, 2.24) is 5.32 Å². The highest BCUT2D eigenvalue weighted by Crippen LogP contribution is 2.48. The monoisotopic (exact) mass is 403 g/mol. The van der Waals surface area contributed by atoms with E-state index in [2.05, 4.69) is 21.2 Å². The standard InChI is InChI=1S/C10H9BrClF6NS/c1-2-19-6(5-3-4(11)8(12)20-5)7(9(13,14)15)10(16,17)18/h3,6-7,19H,2H2,1H3. The van der Waals surface area contributed by atoms with Crippen LogP contribution in [0.3, 0.4) is 0 Å². The van der Waals surface area contributed by atoms with Gasteiger partial charge in [0.25, 0.3) is 0 Å². The predicted molar refractivity (Wildman–Crippen MR) is 69.0 cm³/mol. The van der Waals surface area contributed by atoms with Gasteiger partial charge in [0, 0.05) is 9.35 Å². The van der Waals surface area contributed by atoms with E-state index in [1.807, 2.05) is 0 Å². The van der Waals surface area contributed by atoms with E-state index in [0.29, 0.717) is 11.3 Å². The molecule has 10 heteroatoms. The minimum absolute atomic E-state index is 0.0412. The molecule has 0 aromatic carbocycles. The average molecular weight is 405 g/mol. The molecule has 1 N–H and O–H groups in total. The van der Waals surface area contributed by atoms with Crippen molar-refractivity contribution in [2.75, 3.05) is 6.54 Å². The van der Waals surface area contributed by atoms with Gasteiger partial charge in [-0.1, -0.05) is 18.5 Å². The molecular weight excluding hydrogens is 396 g/mol. The highest BCUT2D eigenvalue weighted by atomic mass is 79.9. The summed E-state index contributed by atoms with van der Waals surface area (Å²) in [5.41, 5.74) is 0. The Hall–Kier alpha value is 0.01000. The Morgan fingerprint density at radius 2 is 1.75 bits per heavy atom. The first-order chi connectivity index (χ1) is 8.98. The van der Waals surface area contributed by atoms with E-state index in [4.69, 9.17) is 11.6 Å². The number of thiophene rings is 1. The lowest BCUT2D eigenvalue weighted by Gasteiger charge is -2.30. The van der Waals surface area contributed by atoms with Gasteiger partial charge in [0.15, 0.2) is 5.92 Å². The topological polar surface area (TPSA) is 12.0 Å². The zero-order valence-electron chi connectivity index (χ0n) is 9.87. The second-order valence-corrected chi connectivity index (χ2v) is 6.41. The van der Waals surface area contributed by atoms with Gasteiger partial charge >= 0.3 is 12.4 Å². The van der Waals surface area contributed by atoms with Crippen LogP contribution in [0.2, 0.25) is 4.34 Å². The Kier molecular flexibility index (Phi) is 5.79. The van der Waals surface area contributed by atoms with E-state index in [-0.39, 0.29) is 20.2 Å². The summed E-state index contributed by atoms with van der Waals surface area (Å²) in [4.78, 5) is -0.122. The first kappa shape index (κ1) is 18.1. The minimum atomic E-state index is -5.41. The van der Waals surface area contributed by atoms with Crippen molar-refractivity contribution < 1.29 is 26.3 Å². The summed E-state index contributed by atoms with van der Waals surface area (Å²) in [6.45, 7) is 1.39. The fourth-order valence-corrected chi connectivity index (χ4v) is 3.53. The van der Waals surface area contributed by atoms with Crippen LogP contribution in [0.5, 0.6) is 0 Å². The van der Waals surface area contributed by atoms with Crippen LogP contribution in [0.4, 0.5) is 26.3 Å². The van der Waals surface area contributed by atoms with Crippen LogP contribution in [-0.4, -0.2) is 18.9 Å². The molecule has 0 fully saturated rings. The van der Waals surface area contributed by atoms with Gasteiger partial charge in [-0.25, -0.2) is 0 Å². The minimum Gasteiger partial charge on any atom is -0.309 e. The summed E-state index contributed by atoms with van der Waals surface area (Å²) >= 11 is 9.34. The second kappa shape index (κ2) is 6.41. The molecule has 0 aliphatic carbocycles. The average Bonchev–Trinajstić information content (AvgIpc) is 2.54. The maximum absolute atomic E-state index is 12.8. The summed E-state index contributed by atoms with van der Waals surface area (Å²) in [7, 11) is 0. The van der Waals surface area contributed by atoms with Gasteiger partial charge < -0.3 is 5.32 Å². The molecule has 1 nitrogen and oxygen atoms in total. The summed E-state index contributed by atoms with van der Waals surface area (Å²) in [5, 5.41) is 2.24. The third-order valence-electron chi connectivity index (χ3n) is 2.43. The maximum Gasteiger partial charge on any atom is 0.402 e. The van der Waals surface area contributed by atoms with Crippen LogP contribution in [0, 0.1) is 5.92 Å². The maximum atomic E-state index is 12.8. The molecule has 0 amide bonds. The van der Waals surface area contributed by atoms with Gasteiger partial charge in [0.1, 0.15) is 4.34 Å². The Morgan fingerprint density at radius 1 is 1.25 bits per heavy atom. The van der Waals surface area contributed by atoms with Crippen LogP contribution in [-0.2, 0) is 0 Å². The van der Waals surface area contributed by atoms with Gasteiger partial charge in [0.2, 0.25) is 0 Å². The molecule has 20 heavy (non-hydrogen) atoms. The third kappa shape index (κ3) is 4.25. The van der Waals surface area contributed by atoms with Gasteiger partial charge in [0.05, 0.1) is 6.04 Å². The molecule has 1 aromatic rings. The number of nitrogens with one attached hydrogen (secondary N) is 1. The molecule has 0 aliphatic heterocycles. The Balaban J connectivity index is 3.28. The van der Waals surface area contributed by atoms with Crippen molar-refractivity contribution >= 4 is 38.9 Å². The lowest BCUT2D eigenvalue weighted by atomic mass is 9.97. The number of hydrogen-bond donors (Lipinski definition) is 1. The summed E-state index contributed by atoms with van der Waals surface area (Å²) < 4.78 is 77.1. The molecule has 1 heterocycles. The molecule has 1 rings (SSSR count). The second-order valence-electron chi connectivity index (χ2n) is 3.87. The smallest absolute Gasteiger partial charge is 0.309 e. The molecule has 1 atom stereocenters. The van der Waals surface area contributed by atoms with Crippen LogP contribution in [0.1, 0.15) is 17.8 Å². The molecule has 0 spiro atoms. The first-order valence-electron chi connectivity index (χ1n) is 5.30. The highest BCUT2D eigenvalue weighted by molar-refractivity contribution is 9.10. The first-order valence-corrected chi connectivity index (χ1v) is 7.28. The highest BCUT2D eigenvalue weighted by Gasteiger charge is 2.60. The fraction of sp³-hybridized carbons (Fsp3) is 0.600. The molecule has 1 unspecified atom stereocenters. The van der Waals surface area contributed by atoms with E-state index in [1.165, 1.54) is 13.0 Å². The van der Waals surface area contributed by atoms with Crippen LogP contribution < -0.4 is 5.32 Å². The molecule has 0 aliphatic rings. The molecule has 0 radical (unpaired) electrons. The Labute approximate surface area is 128 Å². The van der Waals surface area contributed by atoms with Crippen molar-refractivity contribution in [2.24, 2.45) is 5.92 Å². The zero-order valence-corrected chi connectivity index (χ0v) is 13.0. The Bertz CT molecular complexity index is 424. The normalized spacial score (nSPS) is 14.9. The number of halogens is 8. The molecule has 116 valence electrons. The van der Waals surface area contributed by atoms with Crippen LogP contribution in [0.15, 0.2) is 10.5 Å². The molecular formula is C10H9BrClF6NS. The molecule has 0 saturated heterocycles. The predicted octanol–water partition coefficient (Wildman–Crippen LogP) is 5.56. The number of alkyl halides is 6. The van der Waals surface area contributed by atoms with E-state index in [0.717, 1.165) is 0 Å². The largest absolute Gasteiger partial charge is 0.402 e. The van der Waals surface area contributed by atoms with Crippen LogP contribution >= 0.6 is 38.9 Å². The lowest BCUT2D eigenvalue weighted by Crippen LogP contribution is -2.45. The zero-order chi connectivity index (χ0) is 15.7. The third-order valence-corrected chi connectivity index (χ3v) is 4.99. The molecule has 0 saturated carbocycles. The summed E-state index contributed by atoms with van der Waals surface area (Å²) in [6.07, 6.45) is -10.8. The molecule has 1 aromatic heterocycles. The van der Waals surface area contributed by atoms with Crippen LogP contribution in [0.25, 0.3) is 0 Å². The van der Waals surface area contributed by atoms with E-state index in [9.17, 15) is 26.3 Å². The Morgan fingerprint density at radius 3 is 2.05 bits per heavy atom. The van der Waals surface area contributed by atoms with Gasteiger partial charge in [-0.15, -0.1) is 11.3 Å².